The van der Waals surface area contributed by atoms with Crippen LogP contribution in [-0.4, -0.2) is 20.4 Å². The van der Waals surface area contributed by atoms with Gasteiger partial charge < -0.3 is 5.32 Å². The fraction of sp³-hybridized carbons (Fsp3) is 0.136. The molecule has 5 nitrogen and oxygen atoms in total. The molecule has 0 bridgehead atoms. The predicted octanol–water partition coefficient (Wildman–Crippen LogP) is 4.84. The van der Waals surface area contributed by atoms with Gasteiger partial charge in [-0.3, -0.25) is 9.10 Å². The molecule has 3 aromatic carbocycles. The highest BCUT2D eigenvalue weighted by molar-refractivity contribution is 9.10. The third-order valence-corrected chi connectivity index (χ3v) is 7.37. The first kappa shape index (κ1) is 19.7. The van der Waals surface area contributed by atoms with Gasteiger partial charge in [0.15, 0.2) is 0 Å². The van der Waals surface area contributed by atoms with Gasteiger partial charge in [-0.1, -0.05) is 34.1 Å². The van der Waals surface area contributed by atoms with Crippen LogP contribution in [0.25, 0.3) is 0 Å². The summed E-state index contributed by atoms with van der Waals surface area (Å²) in [5, 5.41) is 2.86. The van der Waals surface area contributed by atoms with Gasteiger partial charge in [0.25, 0.3) is 15.9 Å². The van der Waals surface area contributed by atoms with E-state index in [0.717, 1.165) is 10.0 Å². The van der Waals surface area contributed by atoms with Gasteiger partial charge in [-0.25, -0.2) is 8.42 Å². The van der Waals surface area contributed by atoms with Gasteiger partial charge in [-0.15, -0.1) is 0 Å². The maximum atomic E-state index is 13.1. The van der Waals surface area contributed by atoms with Gasteiger partial charge in [-0.2, -0.15) is 0 Å². The number of carbonyl (C=O) groups excluding carboxylic acids is 1. The van der Waals surface area contributed by atoms with Crippen LogP contribution < -0.4 is 9.62 Å². The maximum Gasteiger partial charge on any atom is 0.264 e. The van der Waals surface area contributed by atoms with Crippen LogP contribution in [0.2, 0.25) is 0 Å². The highest BCUT2D eigenvalue weighted by atomic mass is 79.9. The SMILES string of the molecule is C[C@H]1Cc2cc(C(=O)Nc3ccc(Br)cc3)ccc2N1S(=O)(=O)c1ccccc1. The molecule has 0 fully saturated rings. The normalized spacial score (nSPS) is 15.8. The van der Waals surface area contributed by atoms with Gasteiger partial charge in [0.05, 0.1) is 10.6 Å². The molecule has 1 amide bonds. The standard InChI is InChI=1S/C22H19BrN2O3S/c1-15-13-17-14-16(22(26)24-19-10-8-18(23)9-11-19)7-12-21(17)25(15)29(27,28)20-5-3-2-4-6-20/h2-12,14-15H,13H2,1H3,(H,24,26)/t15-/m0/s1. The molecular formula is C22H19BrN2O3S. The van der Waals surface area contributed by atoms with Crippen molar-refractivity contribution in [1.82, 2.24) is 0 Å². The second-order valence-corrected chi connectivity index (χ2v) is 9.70. The molecule has 148 valence electrons. The van der Waals surface area contributed by atoms with Crippen molar-refractivity contribution in [1.29, 1.82) is 0 Å². The number of rotatable bonds is 4. The molecule has 4 rings (SSSR count). The van der Waals surface area contributed by atoms with Crippen LogP contribution in [0.1, 0.15) is 22.8 Å². The predicted molar refractivity (Wildman–Crippen MR) is 118 cm³/mol. The Balaban J connectivity index is 1.62. The van der Waals surface area contributed by atoms with E-state index >= 15 is 0 Å². The van der Waals surface area contributed by atoms with Crippen LogP contribution in [0, 0.1) is 0 Å². The number of hydrogen-bond acceptors (Lipinski definition) is 3. The van der Waals surface area contributed by atoms with Crippen molar-refractivity contribution < 1.29 is 13.2 Å². The zero-order valence-corrected chi connectivity index (χ0v) is 18.1. The van der Waals surface area contributed by atoms with Crippen LogP contribution in [-0.2, 0) is 16.4 Å². The summed E-state index contributed by atoms with van der Waals surface area (Å²) in [6, 6.07) is 20.7. The second kappa shape index (κ2) is 7.65. The number of nitrogens with one attached hydrogen (secondary N) is 1. The van der Waals surface area contributed by atoms with E-state index in [1.807, 2.05) is 31.2 Å². The first-order valence-electron chi connectivity index (χ1n) is 9.15. The first-order chi connectivity index (χ1) is 13.9. The Bertz CT molecular complexity index is 1160. The quantitative estimate of drug-likeness (QED) is 0.592. The van der Waals surface area contributed by atoms with E-state index < -0.39 is 10.0 Å². The first-order valence-corrected chi connectivity index (χ1v) is 11.4. The van der Waals surface area contributed by atoms with Gasteiger partial charge in [0.1, 0.15) is 0 Å². The molecular weight excluding hydrogens is 452 g/mol. The van der Waals surface area contributed by atoms with Gasteiger partial charge in [0.2, 0.25) is 0 Å². The topological polar surface area (TPSA) is 66.5 Å². The van der Waals surface area contributed by atoms with E-state index in [4.69, 9.17) is 0 Å². The Morgan fingerprint density at radius 1 is 1.03 bits per heavy atom. The highest BCUT2D eigenvalue weighted by Gasteiger charge is 2.36. The van der Waals surface area contributed by atoms with E-state index in [1.54, 1.807) is 48.5 Å². The molecule has 0 unspecified atom stereocenters. The number of fused-ring (bicyclic) bond motifs is 1. The minimum absolute atomic E-state index is 0.222. The molecule has 29 heavy (non-hydrogen) atoms. The van der Waals surface area contributed by atoms with Gasteiger partial charge in [-0.05, 0) is 73.5 Å². The molecule has 1 atom stereocenters. The molecule has 1 aliphatic heterocycles. The Labute approximate surface area is 178 Å². The number of sulfonamides is 1. The van der Waals surface area contributed by atoms with E-state index in [1.165, 1.54) is 4.31 Å². The zero-order chi connectivity index (χ0) is 20.6. The number of halogens is 1. The minimum atomic E-state index is -3.66. The van der Waals surface area contributed by atoms with Crippen LogP contribution >= 0.6 is 15.9 Å². The summed E-state index contributed by atoms with van der Waals surface area (Å²) >= 11 is 3.37. The van der Waals surface area contributed by atoms with Crippen molar-refractivity contribution in [3.63, 3.8) is 0 Å². The molecule has 7 heteroatoms. The summed E-state index contributed by atoms with van der Waals surface area (Å²) in [6.07, 6.45) is 0.556. The molecule has 0 aliphatic carbocycles. The van der Waals surface area contributed by atoms with Crippen LogP contribution in [0.15, 0.2) is 82.2 Å². The molecule has 1 aliphatic rings. The Morgan fingerprint density at radius 2 is 1.72 bits per heavy atom. The zero-order valence-electron chi connectivity index (χ0n) is 15.7. The Morgan fingerprint density at radius 3 is 2.41 bits per heavy atom. The van der Waals surface area contributed by atoms with Gasteiger partial charge in [0, 0.05) is 21.8 Å². The lowest BCUT2D eigenvalue weighted by Gasteiger charge is -2.24. The number of benzene rings is 3. The lowest BCUT2D eigenvalue weighted by atomic mass is 10.1. The Kier molecular flexibility index (Phi) is 5.19. The highest BCUT2D eigenvalue weighted by Crippen LogP contribution is 2.37. The summed E-state index contributed by atoms with van der Waals surface area (Å²) in [5.41, 5.74) is 2.67. The van der Waals surface area contributed by atoms with E-state index in [9.17, 15) is 13.2 Å². The Hall–Kier alpha value is -2.64. The lowest BCUT2D eigenvalue weighted by molar-refractivity contribution is 0.102. The lowest BCUT2D eigenvalue weighted by Crippen LogP contribution is -2.35. The van der Waals surface area contributed by atoms with E-state index in [0.29, 0.717) is 23.4 Å². The molecule has 0 saturated heterocycles. The molecule has 0 saturated carbocycles. The number of amides is 1. The van der Waals surface area contributed by atoms with E-state index in [-0.39, 0.29) is 16.8 Å². The summed E-state index contributed by atoms with van der Waals surface area (Å²) in [7, 11) is -3.66. The molecule has 1 heterocycles. The van der Waals surface area contributed by atoms with Crippen molar-refractivity contribution in [3.05, 3.63) is 88.4 Å². The maximum absolute atomic E-state index is 13.1. The fourth-order valence-electron chi connectivity index (χ4n) is 3.55. The van der Waals surface area contributed by atoms with Crippen LogP contribution in [0.5, 0.6) is 0 Å². The van der Waals surface area contributed by atoms with Crippen molar-refractivity contribution in [2.75, 3.05) is 9.62 Å². The fourth-order valence-corrected chi connectivity index (χ4v) is 5.53. The monoisotopic (exact) mass is 470 g/mol. The van der Waals surface area contributed by atoms with Crippen LogP contribution in [0.4, 0.5) is 11.4 Å². The smallest absolute Gasteiger partial charge is 0.264 e. The molecule has 0 radical (unpaired) electrons. The molecule has 3 aromatic rings. The minimum Gasteiger partial charge on any atom is -0.322 e. The van der Waals surface area contributed by atoms with Crippen molar-refractivity contribution in [2.45, 2.75) is 24.3 Å². The summed E-state index contributed by atoms with van der Waals surface area (Å²) in [4.78, 5) is 12.9. The largest absolute Gasteiger partial charge is 0.322 e. The molecule has 0 aromatic heterocycles. The summed E-state index contributed by atoms with van der Waals surface area (Å²) in [6.45, 7) is 1.88. The summed E-state index contributed by atoms with van der Waals surface area (Å²) < 4.78 is 28.7. The molecule has 0 spiro atoms. The third kappa shape index (κ3) is 3.80. The molecule has 1 N–H and O–H groups in total. The third-order valence-electron chi connectivity index (χ3n) is 4.90. The number of anilines is 2. The second-order valence-electron chi connectivity index (χ2n) is 6.97. The van der Waals surface area contributed by atoms with Gasteiger partial charge >= 0.3 is 0 Å². The average molecular weight is 471 g/mol. The number of carbonyl (C=O) groups is 1. The summed E-state index contributed by atoms with van der Waals surface area (Å²) in [5.74, 6) is -0.229. The number of nitrogens with zero attached hydrogens (tertiary/aromatic N) is 1. The van der Waals surface area contributed by atoms with Crippen molar-refractivity contribution >= 4 is 43.2 Å². The van der Waals surface area contributed by atoms with Crippen molar-refractivity contribution in [3.8, 4) is 0 Å². The average Bonchev–Trinajstić information content (AvgIpc) is 3.06. The van der Waals surface area contributed by atoms with Crippen molar-refractivity contribution in [2.24, 2.45) is 0 Å². The number of hydrogen-bond donors (Lipinski definition) is 1. The van der Waals surface area contributed by atoms with Crippen LogP contribution in [0.3, 0.4) is 0 Å². The van der Waals surface area contributed by atoms with E-state index in [2.05, 4.69) is 21.2 Å².